The van der Waals surface area contributed by atoms with Gasteiger partial charge in [0, 0.05) is 25.3 Å². The van der Waals surface area contributed by atoms with E-state index in [1.807, 2.05) is 0 Å². The van der Waals surface area contributed by atoms with Crippen LogP contribution in [0.15, 0.2) is 0 Å². The van der Waals surface area contributed by atoms with Gasteiger partial charge in [0.25, 0.3) is 0 Å². The molecule has 6 heteroatoms. The molecule has 1 aliphatic heterocycles. The van der Waals surface area contributed by atoms with Crippen molar-refractivity contribution in [3.8, 4) is 0 Å². The SMILES string of the molecule is O=CNCCCCCC(=O)N1CCSC1=S. The molecule has 16 heavy (non-hydrogen) atoms. The lowest BCUT2D eigenvalue weighted by Crippen LogP contribution is -2.30. The van der Waals surface area contributed by atoms with Crippen molar-refractivity contribution < 1.29 is 9.59 Å². The molecule has 0 aromatic rings. The topological polar surface area (TPSA) is 49.4 Å². The summed E-state index contributed by atoms with van der Waals surface area (Å²) in [4.78, 5) is 23.4. The van der Waals surface area contributed by atoms with Crippen LogP contribution >= 0.6 is 24.0 Å². The van der Waals surface area contributed by atoms with Crippen molar-refractivity contribution in [2.75, 3.05) is 18.8 Å². The molecule has 0 aromatic heterocycles. The standard InChI is InChI=1S/C10H16N2O2S2/c13-8-11-5-3-1-2-4-9(14)12-6-7-16-10(12)15/h8H,1-7H2,(H,11,13). The Morgan fingerprint density at radius 1 is 1.50 bits per heavy atom. The fourth-order valence-electron chi connectivity index (χ4n) is 1.49. The van der Waals surface area contributed by atoms with Gasteiger partial charge in [-0.1, -0.05) is 30.4 Å². The summed E-state index contributed by atoms with van der Waals surface area (Å²) < 4.78 is 0.715. The van der Waals surface area contributed by atoms with E-state index in [4.69, 9.17) is 12.2 Å². The molecule has 0 radical (unpaired) electrons. The van der Waals surface area contributed by atoms with E-state index in [2.05, 4.69) is 5.32 Å². The summed E-state index contributed by atoms with van der Waals surface area (Å²) in [5, 5.41) is 2.60. The summed E-state index contributed by atoms with van der Waals surface area (Å²) in [6.07, 6.45) is 4.00. The minimum Gasteiger partial charge on any atom is -0.359 e. The summed E-state index contributed by atoms with van der Waals surface area (Å²) in [5.74, 6) is 1.06. The van der Waals surface area contributed by atoms with Crippen molar-refractivity contribution in [1.29, 1.82) is 0 Å². The second-order valence-corrected chi connectivity index (χ2v) is 5.27. The Bertz CT molecular complexity index is 272. The lowest BCUT2D eigenvalue weighted by Gasteiger charge is -2.14. The quantitative estimate of drug-likeness (QED) is 0.424. The first-order chi connectivity index (χ1) is 7.75. The number of hydrogen-bond acceptors (Lipinski definition) is 4. The van der Waals surface area contributed by atoms with Gasteiger partial charge in [-0.25, -0.2) is 0 Å². The first kappa shape index (κ1) is 13.4. The number of carbonyl (C=O) groups excluding carboxylic acids is 2. The third kappa shape index (κ3) is 4.49. The van der Waals surface area contributed by atoms with Crippen LogP contribution in [-0.2, 0) is 9.59 Å². The predicted molar refractivity (Wildman–Crippen MR) is 69.3 cm³/mol. The van der Waals surface area contributed by atoms with Gasteiger partial charge < -0.3 is 5.32 Å². The summed E-state index contributed by atoms with van der Waals surface area (Å²) >= 11 is 6.64. The van der Waals surface area contributed by atoms with Crippen molar-refractivity contribution >= 4 is 40.6 Å². The van der Waals surface area contributed by atoms with E-state index in [-0.39, 0.29) is 5.91 Å². The predicted octanol–water partition coefficient (Wildman–Crippen LogP) is 1.15. The molecule has 0 atom stereocenters. The van der Waals surface area contributed by atoms with Crippen molar-refractivity contribution in [1.82, 2.24) is 10.2 Å². The maximum absolute atomic E-state index is 11.7. The molecule has 0 bridgehead atoms. The summed E-state index contributed by atoms with van der Waals surface area (Å²) in [5.41, 5.74) is 0. The average molecular weight is 260 g/mol. The van der Waals surface area contributed by atoms with Crippen LogP contribution < -0.4 is 5.32 Å². The van der Waals surface area contributed by atoms with Gasteiger partial charge in [0.05, 0.1) is 0 Å². The smallest absolute Gasteiger partial charge is 0.228 e. The molecule has 0 aromatic carbocycles. The third-order valence-corrected chi connectivity index (χ3v) is 3.78. The van der Waals surface area contributed by atoms with E-state index in [0.717, 1.165) is 31.6 Å². The van der Waals surface area contributed by atoms with E-state index in [9.17, 15) is 9.59 Å². The van der Waals surface area contributed by atoms with E-state index in [1.54, 1.807) is 16.7 Å². The third-order valence-electron chi connectivity index (χ3n) is 2.36. The fourth-order valence-corrected chi connectivity index (χ4v) is 2.73. The van der Waals surface area contributed by atoms with Gasteiger partial charge in [-0.2, -0.15) is 0 Å². The lowest BCUT2D eigenvalue weighted by molar-refractivity contribution is -0.127. The van der Waals surface area contributed by atoms with Crippen molar-refractivity contribution in [3.05, 3.63) is 0 Å². The Morgan fingerprint density at radius 3 is 2.94 bits per heavy atom. The molecule has 0 spiro atoms. The average Bonchev–Trinajstić information content (AvgIpc) is 2.69. The molecule has 0 unspecified atom stereocenters. The Hall–Kier alpha value is -0.620. The zero-order valence-electron chi connectivity index (χ0n) is 9.11. The number of nitrogens with one attached hydrogen (secondary N) is 1. The van der Waals surface area contributed by atoms with Crippen molar-refractivity contribution in [2.24, 2.45) is 0 Å². The zero-order valence-corrected chi connectivity index (χ0v) is 10.7. The van der Waals surface area contributed by atoms with Gasteiger partial charge in [0.2, 0.25) is 12.3 Å². The normalized spacial score (nSPS) is 15.2. The first-order valence-electron chi connectivity index (χ1n) is 5.40. The van der Waals surface area contributed by atoms with E-state index >= 15 is 0 Å². The molecule has 2 amide bonds. The summed E-state index contributed by atoms with van der Waals surface area (Å²) in [6.45, 7) is 1.45. The highest BCUT2D eigenvalue weighted by Gasteiger charge is 2.22. The molecule has 4 nitrogen and oxygen atoms in total. The molecule has 1 aliphatic rings. The second-order valence-electron chi connectivity index (χ2n) is 3.54. The van der Waals surface area contributed by atoms with Gasteiger partial charge in [0.1, 0.15) is 4.32 Å². The number of unbranched alkanes of at least 4 members (excludes halogenated alkanes) is 2. The van der Waals surface area contributed by atoms with Crippen LogP contribution in [-0.4, -0.2) is 40.4 Å². The summed E-state index contributed by atoms with van der Waals surface area (Å²) in [7, 11) is 0. The number of carbonyl (C=O) groups is 2. The Morgan fingerprint density at radius 2 is 2.31 bits per heavy atom. The molecule has 1 rings (SSSR count). The molecule has 0 aliphatic carbocycles. The molecule has 1 fully saturated rings. The van der Waals surface area contributed by atoms with Crippen LogP contribution in [0.4, 0.5) is 0 Å². The molecule has 1 N–H and O–H groups in total. The number of amides is 2. The molecular weight excluding hydrogens is 244 g/mol. The highest BCUT2D eigenvalue weighted by molar-refractivity contribution is 8.23. The van der Waals surface area contributed by atoms with Crippen LogP contribution in [0.2, 0.25) is 0 Å². The van der Waals surface area contributed by atoms with E-state index in [1.165, 1.54) is 0 Å². The number of nitrogens with zero attached hydrogens (tertiary/aromatic N) is 1. The number of rotatable bonds is 7. The minimum atomic E-state index is 0.137. The highest BCUT2D eigenvalue weighted by atomic mass is 32.2. The van der Waals surface area contributed by atoms with Crippen LogP contribution in [0.25, 0.3) is 0 Å². The molecule has 90 valence electrons. The largest absolute Gasteiger partial charge is 0.359 e. The molecule has 1 saturated heterocycles. The zero-order chi connectivity index (χ0) is 11.8. The Balaban J connectivity index is 2.06. The fraction of sp³-hybridized carbons (Fsp3) is 0.700. The first-order valence-corrected chi connectivity index (χ1v) is 6.79. The van der Waals surface area contributed by atoms with Gasteiger partial charge in [0.15, 0.2) is 0 Å². The van der Waals surface area contributed by atoms with Crippen molar-refractivity contribution in [3.63, 3.8) is 0 Å². The van der Waals surface area contributed by atoms with Gasteiger partial charge in [-0.05, 0) is 12.8 Å². The monoisotopic (exact) mass is 260 g/mol. The highest BCUT2D eigenvalue weighted by Crippen LogP contribution is 2.19. The van der Waals surface area contributed by atoms with Crippen LogP contribution in [0, 0.1) is 0 Å². The summed E-state index contributed by atoms with van der Waals surface area (Å²) in [6, 6.07) is 0. The minimum absolute atomic E-state index is 0.137. The maximum Gasteiger partial charge on any atom is 0.228 e. The van der Waals surface area contributed by atoms with Gasteiger partial charge in [-0.3, -0.25) is 14.5 Å². The number of thioether (sulfide) groups is 1. The second kappa shape index (κ2) is 7.62. The van der Waals surface area contributed by atoms with Crippen LogP contribution in [0.1, 0.15) is 25.7 Å². The van der Waals surface area contributed by atoms with Crippen LogP contribution in [0.3, 0.4) is 0 Å². The van der Waals surface area contributed by atoms with E-state index in [0.29, 0.717) is 23.7 Å². The van der Waals surface area contributed by atoms with Gasteiger partial charge >= 0.3 is 0 Å². The molecular formula is C10H16N2O2S2. The number of hydrogen-bond donors (Lipinski definition) is 1. The van der Waals surface area contributed by atoms with Gasteiger partial charge in [-0.15, -0.1) is 0 Å². The molecule has 0 saturated carbocycles. The van der Waals surface area contributed by atoms with E-state index < -0.39 is 0 Å². The van der Waals surface area contributed by atoms with Crippen molar-refractivity contribution in [2.45, 2.75) is 25.7 Å². The van der Waals surface area contributed by atoms with Crippen LogP contribution in [0.5, 0.6) is 0 Å². The molecule has 1 heterocycles. The number of thiocarbonyl (C=S) groups is 1. The Labute approximate surface area is 105 Å². The Kier molecular flexibility index (Phi) is 6.40. The lowest BCUT2D eigenvalue weighted by atomic mass is 10.2. The maximum atomic E-state index is 11.7.